The molecule has 84 valence electrons. The summed E-state index contributed by atoms with van der Waals surface area (Å²) in [4.78, 5) is 4.95. The lowest BCUT2D eigenvalue weighted by Gasteiger charge is -2.33. The van der Waals surface area contributed by atoms with Crippen molar-refractivity contribution in [1.82, 2.24) is 4.58 Å². The van der Waals surface area contributed by atoms with E-state index in [4.69, 9.17) is 21.4 Å². The summed E-state index contributed by atoms with van der Waals surface area (Å²) in [6.45, 7) is 1.87. The second kappa shape index (κ2) is 5.47. The van der Waals surface area contributed by atoms with Crippen molar-refractivity contribution in [2.24, 2.45) is 0 Å². The van der Waals surface area contributed by atoms with Gasteiger partial charge in [-0.1, -0.05) is 34.9 Å². The Morgan fingerprint density at radius 2 is 1.87 bits per heavy atom. The van der Waals surface area contributed by atoms with Crippen molar-refractivity contribution in [1.29, 1.82) is 0 Å². The maximum Gasteiger partial charge on any atom is 0.160 e. The van der Waals surface area contributed by atoms with Crippen LogP contribution in [-0.2, 0) is 16.0 Å². The van der Waals surface area contributed by atoms with Gasteiger partial charge in [-0.25, -0.2) is 0 Å². The van der Waals surface area contributed by atoms with Crippen LogP contribution >= 0.6 is 11.8 Å². The Kier molecular flexibility index (Phi) is 4.54. The number of benzene rings is 1. The zero-order chi connectivity index (χ0) is 11.3. The Morgan fingerprint density at radius 3 is 2.33 bits per heavy atom. The smallest absolute Gasteiger partial charge is 0.160 e. The average molecular weight is 230 g/mol. The molecule has 4 heteroatoms. The highest BCUT2D eigenvalue weighted by atomic mass is 35.5. The highest BCUT2D eigenvalue weighted by molar-refractivity contribution is 6.12. The lowest BCUT2D eigenvalue weighted by atomic mass is 10.0. The van der Waals surface area contributed by atoms with Crippen molar-refractivity contribution >= 4 is 11.8 Å². The quantitative estimate of drug-likeness (QED) is 0.440. The topological polar surface area (TPSA) is 21.7 Å². The summed E-state index contributed by atoms with van der Waals surface area (Å²) in [5.41, 5.74) is 0.474. The zero-order valence-electron chi connectivity index (χ0n) is 9.24. The minimum absolute atomic E-state index is 0.654. The van der Waals surface area contributed by atoms with E-state index in [1.54, 1.807) is 7.11 Å². The van der Waals surface area contributed by atoms with E-state index in [0.717, 1.165) is 5.56 Å². The molecule has 1 unspecified atom stereocenters. The first-order valence-electron chi connectivity index (χ1n) is 4.71. The third-order valence-electron chi connectivity index (χ3n) is 2.35. The van der Waals surface area contributed by atoms with Crippen LogP contribution in [0.5, 0.6) is 0 Å². The summed E-state index contributed by atoms with van der Waals surface area (Å²) in [6.07, 6.45) is 0.654. The van der Waals surface area contributed by atoms with E-state index in [0.29, 0.717) is 6.42 Å². The lowest BCUT2D eigenvalue weighted by molar-refractivity contribution is -0.223. The van der Waals surface area contributed by atoms with Crippen LogP contribution in [0, 0.1) is 0 Å². The summed E-state index contributed by atoms with van der Waals surface area (Å²) < 4.78 is 6.56. The third kappa shape index (κ3) is 3.18. The van der Waals surface area contributed by atoms with Gasteiger partial charge in [0, 0.05) is 25.3 Å². The molecule has 0 aliphatic rings. The number of hydrogen-bond donors (Lipinski definition) is 0. The van der Waals surface area contributed by atoms with Gasteiger partial charge in [0.1, 0.15) is 0 Å². The molecule has 3 nitrogen and oxygen atoms in total. The molecule has 1 aromatic rings. The molecule has 1 atom stereocenters. The largest absolute Gasteiger partial charge is 0.360 e. The van der Waals surface area contributed by atoms with E-state index in [9.17, 15) is 0 Å². The number of rotatable bonds is 5. The number of ether oxygens (including phenoxy) is 1. The molecule has 0 heterocycles. The fourth-order valence-electron chi connectivity index (χ4n) is 1.37. The van der Waals surface area contributed by atoms with Gasteiger partial charge in [0.2, 0.25) is 0 Å². The second-order valence-electron chi connectivity index (χ2n) is 3.47. The third-order valence-corrected chi connectivity index (χ3v) is 2.84. The first kappa shape index (κ1) is 12.5. The van der Waals surface area contributed by atoms with Crippen molar-refractivity contribution in [3.05, 3.63) is 35.9 Å². The van der Waals surface area contributed by atoms with Gasteiger partial charge in [0.15, 0.2) is 5.72 Å². The van der Waals surface area contributed by atoms with E-state index in [1.807, 2.05) is 37.3 Å². The maximum absolute atomic E-state index is 5.91. The van der Waals surface area contributed by atoms with Crippen molar-refractivity contribution in [2.45, 2.75) is 19.1 Å². The molecule has 0 saturated carbocycles. The van der Waals surface area contributed by atoms with Gasteiger partial charge in [-0.15, -0.1) is 0 Å². The molecule has 0 aromatic heterocycles. The van der Waals surface area contributed by atoms with E-state index in [1.165, 1.54) is 11.7 Å². The number of halogens is 1. The van der Waals surface area contributed by atoms with Crippen LogP contribution in [-0.4, -0.2) is 24.5 Å². The van der Waals surface area contributed by atoms with Crippen LogP contribution < -0.4 is 0 Å². The summed E-state index contributed by atoms with van der Waals surface area (Å²) >= 11 is 5.91. The predicted octanol–water partition coefficient (Wildman–Crippen LogP) is 2.61. The lowest BCUT2D eigenvalue weighted by Crippen LogP contribution is -2.43. The fraction of sp³-hybridized carbons (Fsp3) is 0.455. The molecule has 0 aliphatic carbocycles. The molecule has 1 aromatic carbocycles. The summed E-state index contributed by atoms with van der Waals surface area (Å²) in [7, 11) is 3.12. The molecule has 0 fully saturated rings. The molecule has 0 N–H and O–H groups in total. The van der Waals surface area contributed by atoms with E-state index in [-0.39, 0.29) is 0 Å². The van der Waals surface area contributed by atoms with Crippen molar-refractivity contribution in [3.63, 3.8) is 0 Å². The Morgan fingerprint density at radius 1 is 1.27 bits per heavy atom. The Bertz CT molecular complexity index is 294. The van der Waals surface area contributed by atoms with Crippen LogP contribution in [0.4, 0.5) is 0 Å². The molecular formula is C11H16ClNO2. The molecule has 0 radical (unpaired) electrons. The van der Waals surface area contributed by atoms with Gasteiger partial charge in [-0.3, -0.25) is 4.84 Å². The van der Waals surface area contributed by atoms with Gasteiger partial charge < -0.3 is 4.74 Å². The Balaban J connectivity index is 2.77. The number of methoxy groups -OCH3 is 1. The second-order valence-corrected chi connectivity index (χ2v) is 3.78. The summed E-state index contributed by atoms with van der Waals surface area (Å²) in [6, 6.07) is 9.99. The zero-order valence-corrected chi connectivity index (χ0v) is 9.99. The highest BCUT2D eigenvalue weighted by Gasteiger charge is 2.31. The molecule has 0 spiro atoms. The van der Waals surface area contributed by atoms with Crippen molar-refractivity contribution < 1.29 is 9.57 Å². The molecular weight excluding hydrogens is 214 g/mol. The average Bonchev–Trinajstić information content (AvgIpc) is 2.29. The van der Waals surface area contributed by atoms with Crippen LogP contribution in [0.2, 0.25) is 0 Å². The molecule has 0 saturated heterocycles. The minimum atomic E-state index is -0.669. The van der Waals surface area contributed by atoms with E-state index >= 15 is 0 Å². The predicted molar refractivity (Wildman–Crippen MR) is 60.3 cm³/mol. The van der Waals surface area contributed by atoms with Gasteiger partial charge in [0.05, 0.1) is 7.11 Å². The van der Waals surface area contributed by atoms with Crippen LogP contribution in [0.1, 0.15) is 12.5 Å². The number of hydrogen-bond acceptors (Lipinski definition) is 3. The maximum atomic E-state index is 5.91. The molecule has 1 rings (SSSR count). The monoisotopic (exact) mass is 229 g/mol. The van der Waals surface area contributed by atoms with Gasteiger partial charge in [-0.05, 0) is 12.5 Å². The van der Waals surface area contributed by atoms with Crippen molar-refractivity contribution in [2.75, 3.05) is 14.2 Å². The van der Waals surface area contributed by atoms with E-state index < -0.39 is 5.72 Å². The first-order valence-corrected chi connectivity index (χ1v) is 5.05. The molecule has 0 aliphatic heterocycles. The molecule has 0 amide bonds. The normalized spacial score (nSPS) is 15.3. The Hall–Kier alpha value is -0.610. The minimum Gasteiger partial charge on any atom is -0.360 e. The summed E-state index contributed by atoms with van der Waals surface area (Å²) in [5.74, 6) is 0. The van der Waals surface area contributed by atoms with Crippen LogP contribution in [0.3, 0.4) is 0 Å². The Labute approximate surface area is 95.6 Å². The standard InChI is InChI=1S/C11H16ClNO2/c1-11(14-2,13(12)15-3)9-10-7-5-4-6-8-10/h4-8H,9H2,1-3H3. The van der Waals surface area contributed by atoms with Crippen molar-refractivity contribution in [3.8, 4) is 0 Å². The van der Waals surface area contributed by atoms with Gasteiger partial charge >= 0.3 is 0 Å². The fourth-order valence-corrected chi connectivity index (χ4v) is 1.50. The van der Waals surface area contributed by atoms with Crippen LogP contribution in [0.15, 0.2) is 30.3 Å². The number of nitrogens with zero attached hydrogens (tertiary/aromatic N) is 1. The van der Waals surface area contributed by atoms with Crippen LogP contribution in [0.25, 0.3) is 0 Å². The summed E-state index contributed by atoms with van der Waals surface area (Å²) in [5, 5.41) is 0. The van der Waals surface area contributed by atoms with Gasteiger partial charge in [-0.2, -0.15) is 0 Å². The molecule has 15 heavy (non-hydrogen) atoms. The van der Waals surface area contributed by atoms with Gasteiger partial charge in [0.25, 0.3) is 0 Å². The number of hydroxylamine groups is 1. The van der Waals surface area contributed by atoms with E-state index in [2.05, 4.69) is 0 Å². The highest BCUT2D eigenvalue weighted by Crippen LogP contribution is 2.23. The molecule has 0 bridgehead atoms. The first-order chi connectivity index (χ1) is 7.12. The SMILES string of the molecule is CON(Cl)C(C)(Cc1ccccc1)OC.